The number of aromatic nitrogens is 3. The van der Waals surface area contributed by atoms with E-state index in [2.05, 4.69) is 10.1 Å². The predicted octanol–water partition coefficient (Wildman–Crippen LogP) is -0.0637. The second kappa shape index (κ2) is 7.78. The second-order valence-corrected chi connectivity index (χ2v) is 5.58. The van der Waals surface area contributed by atoms with Crippen molar-refractivity contribution in [1.82, 2.24) is 19.7 Å². The molecule has 2 amide bonds. The number of hydrogen-bond donors (Lipinski definition) is 1. The summed E-state index contributed by atoms with van der Waals surface area (Å²) in [6.45, 7) is 1.30. The van der Waals surface area contributed by atoms with Gasteiger partial charge in [-0.1, -0.05) is 12.1 Å². The number of nitrogens with two attached hydrogens (primary N) is 1. The highest BCUT2D eigenvalue weighted by Gasteiger charge is 2.27. The van der Waals surface area contributed by atoms with Crippen LogP contribution in [0.15, 0.2) is 24.3 Å². The van der Waals surface area contributed by atoms with Gasteiger partial charge in [-0.25, -0.2) is 0 Å². The van der Waals surface area contributed by atoms with Crippen molar-refractivity contribution >= 4 is 17.8 Å². The van der Waals surface area contributed by atoms with E-state index in [0.717, 1.165) is 4.68 Å². The van der Waals surface area contributed by atoms with E-state index in [1.54, 1.807) is 23.1 Å². The fourth-order valence-electron chi connectivity index (χ4n) is 2.49. The van der Waals surface area contributed by atoms with Crippen LogP contribution in [0.1, 0.15) is 10.4 Å². The Balaban J connectivity index is 1.91. The number of morpholine rings is 1. The SMILES string of the molecule is NC(=O)Cn1nc([N+](=O)[O-])nc1Oc1ccccc1C(=O)N1CCOCC1. The minimum absolute atomic E-state index is 0.127. The number of hydrogen-bond acceptors (Lipinski definition) is 8. The van der Waals surface area contributed by atoms with Gasteiger partial charge in [0.1, 0.15) is 12.3 Å². The molecule has 2 aromatic rings. The van der Waals surface area contributed by atoms with Crippen molar-refractivity contribution in [2.45, 2.75) is 6.54 Å². The lowest BCUT2D eigenvalue weighted by atomic mass is 10.1. The van der Waals surface area contributed by atoms with Gasteiger partial charge in [-0.2, -0.15) is 0 Å². The monoisotopic (exact) mass is 376 g/mol. The highest BCUT2D eigenvalue weighted by Crippen LogP contribution is 2.26. The predicted molar refractivity (Wildman–Crippen MR) is 89.1 cm³/mol. The first kappa shape index (κ1) is 18.3. The molecule has 0 unspecified atom stereocenters. The Morgan fingerprint density at radius 1 is 1.30 bits per heavy atom. The zero-order chi connectivity index (χ0) is 19.4. The molecule has 1 aromatic heterocycles. The maximum atomic E-state index is 12.8. The number of nitrogens with zero attached hydrogens (tertiary/aromatic N) is 5. The van der Waals surface area contributed by atoms with Gasteiger partial charge in [0.2, 0.25) is 5.91 Å². The minimum Gasteiger partial charge on any atom is -0.410 e. The summed E-state index contributed by atoms with van der Waals surface area (Å²) in [4.78, 5) is 39.3. The smallest absolute Gasteiger partial charge is 0.410 e. The van der Waals surface area contributed by atoms with Gasteiger partial charge >= 0.3 is 12.0 Å². The summed E-state index contributed by atoms with van der Waals surface area (Å²) in [7, 11) is 0. The van der Waals surface area contributed by atoms with Gasteiger partial charge in [-0.15, -0.1) is 4.68 Å². The van der Waals surface area contributed by atoms with Crippen LogP contribution >= 0.6 is 0 Å². The van der Waals surface area contributed by atoms with E-state index in [-0.39, 0.29) is 23.2 Å². The zero-order valence-corrected chi connectivity index (χ0v) is 14.1. The molecule has 3 rings (SSSR count). The number of carbonyl (C=O) groups excluding carboxylic acids is 2. The summed E-state index contributed by atoms with van der Waals surface area (Å²) in [5.41, 5.74) is 5.37. The van der Waals surface area contributed by atoms with Crippen LogP contribution in [0.3, 0.4) is 0 Å². The highest BCUT2D eigenvalue weighted by molar-refractivity contribution is 5.97. The number of benzene rings is 1. The largest absolute Gasteiger partial charge is 0.494 e. The molecule has 1 aromatic carbocycles. The number of para-hydroxylation sites is 1. The third-order valence-corrected chi connectivity index (χ3v) is 3.71. The minimum atomic E-state index is -0.824. The molecule has 2 heterocycles. The van der Waals surface area contributed by atoms with E-state index >= 15 is 0 Å². The molecule has 0 aliphatic carbocycles. The van der Waals surface area contributed by atoms with Crippen LogP contribution in [0.5, 0.6) is 11.8 Å². The van der Waals surface area contributed by atoms with Crippen molar-refractivity contribution < 1.29 is 24.0 Å². The van der Waals surface area contributed by atoms with Gasteiger partial charge in [0, 0.05) is 18.2 Å². The highest BCUT2D eigenvalue weighted by atomic mass is 16.6. The quantitative estimate of drug-likeness (QED) is 0.543. The van der Waals surface area contributed by atoms with Crippen LogP contribution in [0, 0.1) is 10.1 Å². The van der Waals surface area contributed by atoms with Crippen LogP contribution in [0.4, 0.5) is 5.95 Å². The molecule has 0 bridgehead atoms. The Morgan fingerprint density at radius 2 is 2.00 bits per heavy atom. The van der Waals surface area contributed by atoms with Gasteiger partial charge in [0.15, 0.2) is 0 Å². The third kappa shape index (κ3) is 4.17. The summed E-state index contributed by atoms with van der Waals surface area (Å²) in [6, 6.07) is 6.06. The standard InChI is InChI=1S/C15H16N6O6/c16-12(22)9-20-15(17-14(18-20)21(24)25)27-11-4-2-1-3-10(11)13(23)19-5-7-26-8-6-19/h1-4H,5-9H2,(H2,16,22). The Hall–Kier alpha value is -3.54. The molecule has 1 saturated heterocycles. The summed E-state index contributed by atoms with van der Waals surface area (Å²) >= 11 is 0. The Morgan fingerprint density at radius 3 is 2.67 bits per heavy atom. The van der Waals surface area contributed by atoms with E-state index in [1.807, 2.05) is 0 Å². The average molecular weight is 376 g/mol. The van der Waals surface area contributed by atoms with Gasteiger partial charge < -0.3 is 30.2 Å². The van der Waals surface area contributed by atoms with Crippen LogP contribution < -0.4 is 10.5 Å². The third-order valence-electron chi connectivity index (χ3n) is 3.71. The molecule has 0 spiro atoms. The molecule has 27 heavy (non-hydrogen) atoms. The molecular formula is C15H16N6O6. The first-order valence-electron chi connectivity index (χ1n) is 7.97. The zero-order valence-electron chi connectivity index (χ0n) is 14.1. The molecule has 1 aliphatic heterocycles. The van der Waals surface area contributed by atoms with E-state index in [9.17, 15) is 19.7 Å². The lowest BCUT2D eigenvalue weighted by Crippen LogP contribution is -2.40. The fraction of sp³-hybridized carbons (Fsp3) is 0.333. The number of carbonyl (C=O) groups is 2. The van der Waals surface area contributed by atoms with Gasteiger partial charge in [0.25, 0.3) is 5.91 Å². The number of primary amides is 1. The molecule has 0 atom stereocenters. The number of nitro groups is 1. The van der Waals surface area contributed by atoms with Crippen molar-refractivity contribution in [2.75, 3.05) is 26.3 Å². The second-order valence-electron chi connectivity index (χ2n) is 5.58. The van der Waals surface area contributed by atoms with E-state index in [4.69, 9.17) is 15.2 Å². The molecule has 2 N–H and O–H groups in total. The molecule has 0 saturated carbocycles. The van der Waals surface area contributed by atoms with Crippen LogP contribution in [0.2, 0.25) is 0 Å². The first-order chi connectivity index (χ1) is 13.0. The Labute approximate surface area is 152 Å². The molecule has 142 valence electrons. The van der Waals surface area contributed by atoms with Crippen molar-refractivity contribution in [1.29, 1.82) is 0 Å². The summed E-state index contributed by atoms with van der Waals surface area (Å²) < 4.78 is 11.7. The van der Waals surface area contributed by atoms with E-state index in [0.29, 0.717) is 26.3 Å². The number of ether oxygens (including phenoxy) is 2. The van der Waals surface area contributed by atoms with E-state index in [1.165, 1.54) is 6.07 Å². The van der Waals surface area contributed by atoms with Crippen LogP contribution in [-0.2, 0) is 16.1 Å². The lowest BCUT2D eigenvalue weighted by molar-refractivity contribution is -0.394. The van der Waals surface area contributed by atoms with Crippen LogP contribution in [0.25, 0.3) is 0 Å². The summed E-state index contributed by atoms with van der Waals surface area (Å²) in [5.74, 6) is -1.67. The van der Waals surface area contributed by atoms with Gasteiger partial charge in [-0.05, 0) is 22.0 Å². The molecule has 1 fully saturated rings. The normalized spacial score (nSPS) is 14.0. The van der Waals surface area contributed by atoms with Gasteiger partial charge in [-0.3, -0.25) is 9.59 Å². The van der Waals surface area contributed by atoms with Gasteiger partial charge in [0.05, 0.1) is 18.8 Å². The molecular weight excluding hydrogens is 360 g/mol. The molecule has 12 heteroatoms. The summed E-state index contributed by atoms with van der Waals surface area (Å²) in [5, 5.41) is 14.5. The van der Waals surface area contributed by atoms with E-state index < -0.39 is 23.3 Å². The topological polar surface area (TPSA) is 156 Å². The fourth-order valence-corrected chi connectivity index (χ4v) is 2.49. The van der Waals surface area contributed by atoms with Crippen LogP contribution in [-0.4, -0.2) is 62.7 Å². The summed E-state index contributed by atoms with van der Waals surface area (Å²) in [6.07, 6.45) is 0. The van der Waals surface area contributed by atoms with Crippen molar-refractivity contribution in [2.24, 2.45) is 5.73 Å². The Kier molecular flexibility index (Phi) is 5.26. The maximum Gasteiger partial charge on any atom is 0.494 e. The number of rotatable bonds is 6. The molecule has 12 nitrogen and oxygen atoms in total. The molecule has 1 aliphatic rings. The first-order valence-corrected chi connectivity index (χ1v) is 7.97. The molecule has 0 radical (unpaired) electrons. The average Bonchev–Trinajstić information content (AvgIpc) is 3.04. The number of amides is 2. The Bertz CT molecular complexity index is 875. The van der Waals surface area contributed by atoms with Crippen molar-refractivity contribution in [3.63, 3.8) is 0 Å². The lowest BCUT2D eigenvalue weighted by Gasteiger charge is -2.27. The maximum absolute atomic E-state index is 12.8. The van der Waals surface area contributed by atoms with Crippen molar-refractivity contribution in [3.05, 3.63) is 39.9 Å². The van der Waals surface area contributed by atoms with Crippen molar-refractivity contribution in [3.8, 4) is 11.8 Å².